The predicted octanol–water partition coefficient (Wildman–Crippen LogP) is 1.79. The van der Waals surface area contributed by atoms with Gasteiger partial charge in [0, 0.05) is 31.8 Å². The number of carbonyl (C=O) groups is 3. The summed E-state index contributed by atoms with van der Waals surface area (Å²) in [6, 6.07) is 8.03. The minimum Gasteiger partial charge on any atom is -0.542 e. The van der Waals surface area contributed by atoms with Crippen molar-refractivity contribution in [3.05, 3.63) is 42.0 Å². The second-order valence-electron chi connectivity index (χ2n) is 7.77. The highest BCUT2D eigenvalue weighted by Gasteiger charge is 2.29. The Hall–Kier alpha value is -2.72. The highest BCUT2D eigenvalue weighted by Crippen LogP contribution is 2.27. The molecule has 1 saturated heterocycles. The zero-order valence-corrected chi connectivity index (χ0v) is 18.4. The van der Waals surface area contributed by atoms with Crippen molar-refractivity contribution >= 4 is 23.3 Å². The van der Waals surface area contributed by atoms with Crippen molar-refractivity contribution in [1.29, 1.82) is 0 Å². The number of rotatable bonds is 6. The summed E-state index contributed by atoms with van der Waals surface area (Å²) in [4.78, 5) is 35.7. The fourth-order valence-corrected chi connectivity index (χ4v) is 3.54. The summed E-state index contributed by atoms with van der Waals surface area (Å²) in [6.45, 7) is 4.88. The Bertz CT molecular complexity index is 849. The van der Waals surface area contributed by atoms with Gasteiger partial charge < -0.3 is 24.9 Å². The number of halogens is 3. The third-order valence-corrected chi connectivity index (χ3v) is 5.39. The number of ether oxygens (including phenoxy) is 1. The molecule has 2 heterocycles. The molecule has 0 saturated carbocycles. The van der Waals surface area contributed by atoms with Gasteiger partial charge in [-0.15, -0.1) is 0 Å². The number of nitrogens with zero attached hydrogens (tertiary/aromatic N) is 1. The molecule has 182 valence electrons. The molecule has 2 atom stereocenters. The lowest BCUT2D eigenvalue weighted by atomic mass is 9.96. The van der Waals surface area contributed by atoms with E-state index in [1.54, 1.807) is 6.08 Å². The van der Waals surface area contributed by atoms with E-state index in [0.29, 0.717) is 19.6 Å². The third kappa shape index (κ3) is 8.29. The predicted molar refractivity (Wildman–Crippen MR) is 113 cm³/mol. The molecule has 0 aromatic heterocycles. The molecule has 1 amide bonds. The fraction of sp³-hybridized carbons (Fsp3) is 0.522. The standard InChI is InChI=1S/C21H28N2O3.C2HF3O2/c1-2-16(14-19(24)20-15-22-11-5-13-26-20)8-9-21(25)23-12-10-17-6-3-4-7-18(17)23;3-2(4,5)1(6)7/h3-4,6-9,16,20,22H,2,5,10-15H2,1H3;(H,6,7)/p-1/b9-8+;/t16-,20-;/m0./s1. The van der Waals surface area contributed by atoms with Crippen LogP contribution in [0.1, 0.15) is 31.7 Å². The Morgan fingerprint density at radius 1 is 1.30 bits per heavy atom. The Labute approximate surface area is 190 Å². The molecule has 1 N–H and O–H groups in total. The van der Waals surface area contributed by atoms with Gasteiger partial charge in [0.05, 0.1) is 0 Å². The number of amides is 1. The van der Waals surface area contributed by atoms with E-state index in [2.05, 4.69) is 11.4 Å². The highest BCUT2D eigenvalue weighted by molar-refractivity contribution is 6.02. The molecule has 2 aliphatic heterocycles. The molecule has 33 heavy (non-hydrogen) atoms. The monoisotopic (exact) mass is 469 g/mol. The lowest BCUT2D eigenvalue weighted by molar-refractivity contribution is -0.344. The number of para-hydroxylation sites is 1. The quantitative estimate of drug-likeness (QED) is 0.638. The van der Waals surface area contributed by atoms with Crippen LogP contribution in [0.3, 0.4) is 0 Å². The van der Waals surface area contributed by atoms with Crippen LogP contribution in [0.15, 0.2) is 36.4 Å². The molecular formula is C23H28F3N2O5-. The molecule has 0 spiro atoms. The first kappa shape index (κ1) is 26.5. The molecule has 0 aliphatic carbocycles. The van der Waals surface area contributed by atoms with Gasteiger partial charge in [0.15, 0.2) is 5.78 Å². The topological polar surface area (TPSA) is 98.8 Å². The van der Waals surface area contributed by atoms with E-state index in [1.807, 2.05) is 36.1 Å². The molecular weight excluding hydrogens is 441 g/mol. The number of anilines is 1. The molecule has 0 unspecified atom stereocenters. The van der Waals surface area contributed by atoms with Crippen LogP contribution in [0.5, 0.6) is 0 Å². The third-order valence-electron chi connectivity index (χ3n) is 5.39. The maximum atomic E-state index is 12.6. The molecule has 3 rings (SSSR count). The average Bonchev–Trinajstić information content (AvgIpc) is 3.01. The van der Waals surface area contributed by atoms with Crippen LogP contribution in [0.4, 0.5) is 18.9 Å². The Morgan fingerprint density at radius 2 is 2.00 bits per heavy atom. The van der Waals surface area contributed by atoms with Crippen molar-refractivity contribution in [2.45, 2.75) is 44.9 Å². The van der Waals surface area contributed by atoms with Gasteiger partial charge >= 0.3 is 6.18 Å². The van der Waals surface area contributed by atoms with Gasteiger partial charge in [-0.25, -0.2) is 0 Å². The number of ketones is 1. The maximum Gasteiger partial charge on any atom is 0.430 e. The normalized spacial score (nSPS) is 19.3. The molecule has 0 bridgehead atoms. The van der Waals surface area contributed by atoms with Crippen LogP contribution in [-0.4, -0.2) is 56.2 Å². The first-order valence-electron chi connectivity index (χ1n) is 10.8. The van der Waals surface area contributed by atoms with Gasteiger partial charge in [-0.1, -0.05) is 31.2 Å². The molecule has 7 nitrogen and oxygen atoms in total. The van der Waals surface area contributed by atoms with E-state index in [0.717, 1.165) is 38.0 Å². The van der Waals surface area contributed by atoms with E-state index < -0.39 is 12.1 Å². The number of nitrogens with one attached hydrogen (secondary N) is 1. The number of hydrogen-bond donors (Lipinski definition) is 1. The number of fused-ring (bicyclic) bond motifs is 1. The second-order valence-corrected chi connectivity index (χ2v) is 7.77. The van der Waals surface area contributed by atoms with Gasteiger partial charge in [0.25, 0.3) is 5.91 Å². The SMILES string of the molecule is CC[C@@H](/C=C/C(=O)N1CCc2ccccc21)CC(=O)[C@@H]1CNCCCO1.O=C([O-])C(F)(F)F. The van der Waals surface area contributed by atoms with Gasteiger partial charge in [0.1, 0.15) is 12.1 Å². The van der Waals surface area contributed by atoms with E-state index in [1.165, 1.54) is 5.56 Å². The summed E-state index contributed by atoms with van der Waals surface area (Å²) in [5.74, 6) is -2.83. The number of benzene rings is 1. The van der Waals surface area contributed by atoms with E-state index in [4.69, 9.17) is 14.6 Å². The van der Waals surface area contributed by atoms with Gasteiger partial charge in [-0.2, -0.15) is 13.2 Å². The fourth-order valence-electron chi connectivity index (χ4n) is 3.54. The van der Waals surface area contributed by atoms with Crippen molar-refractivity contribution in [2.24, 2.45) is 5.92 Å². The second kappa shape index (κ2) is 12.5. The van der Waals surface area contributed by atoms with Crippen LogP contribution < -0.4 is 15.3 Å². The number of carboxylic acid groups (broad SMARTS) is 1. The number of Topliss-reactive ketones (excluding diaryl/α,β-unsaturated/α-hetero) is 1. The van der Waals surface area contributed by atoms with Gasteiger partial charge in [0.2, 0.25) is 0 Å². The van der Waals surface area contributed by atoms with Crippen LogP contribution >= 0.6 is 0 Å². The minimum absolute atomic E-state index is 0.00627. The first-order valence-corrected chi connectivity index (χ1v) is 10.8. The minimum atomic E-state index is -5.19. The number of alkyl halides is 3. The van der Waals surface area contributed by atoms with Gasteiger partial charge in [-0.05, 0) is 49.4 Å². The maximum absolute atomic E-state index is 12.6. The van der Waals surface area contributed by atoms with Crippen molar-refractivity contribution in [3.63, 3.8) is 0 Å². The number of carboxylic acids is 1. The largest absolute Gasteiger partial charge is 0.542 e. The lowest BCUT2D eigenvalue weighted by Crippen LogP contribution is -2.37. The average molecular weight is 469 g/mol. The molecule has 1 fully saturated rings. The Balaban J connectivity index is 0.000000479. The van der Waals surface area contributed by atoms with E-state index in [9.17, 15) is 22.8 Å². The zero-order valence-electron chi connectivity index (χ0n) is 18.4. The number of hydrogen-bond acceptors (Lipinski definition) is 6. The summed E-state index contributed by atoms with van der Waals surface area (Å²) in [6.07, 6.45) is 1.06. The smallest absolute Gasteiger partial charge is 0.430 e. The molecule has 2 aliphatic rings. The van der Waals surface area contributed by atoms with Crippen LogP contribution in [0, 0.1) is 5.92 Å². The van der Waals surface area contributed by atoms with Crippen molar-refractivity contribution < 1.29 is 37.4 Å². The van der Waals surface area contributed by atoms with Crippen LogP contribution in [-0.2, 0) is 25.5 Å². The Kier molecular flexibility index (Phi) is 10.1. The first-order chi connectivity index (χ1) is 15.6. The molecule has 10 heteroatoms. The van der Waals surface area contributed by atoms with Crippen molar-refractivity contribution in [1.82, 2.24) is 5.32 Å². The molecule has 0 radical (unpaired) electrons. The van der Waals surface area contributed by atoms with E-state index >= 15 is 0 Å². The number of carbonyl (C=O) groups excluding carboxylic acids is 3. The van der Waals surface area contributed by atoms with Gasteiger partial charge in [-0.3, -0.25) is 9.59 Å². The summed E-state index contributed by atoms with van der Waals surface area (Å²) >= 11 is 0. The molecule has 1 aromatic carbocycles. The van der Waals surface area contributed by atoms with Crippen molar-refractivity contribution in [3.8, 4) is 0 Å². The van der Waals surface area contributed by atoms with Crippen LogP contribution in [0.2, 0.25) is 0 Å². The highest BCUT2D eigenvalue weighted by atomic mass is 19.4. The number of aliphatic carboxylic acids is 1. The summed E-state index contributed by atoms with van der Waals surface area (Å²) in [5, 5.41) is 12.0. The summed E-state index contributed by atoms with van der Waals surface area (Å²) < 4.78 is 37.2. The van der Waals surface area contributed by atoms with E-state index in [-0.39, 0.29) is 23.7 Å². The zero-order chi connectivity index (χ0) is 24.4. The lowest BCUT2D eigenvalue weighted by Gasteiger charge is -2.17. The Morgan fingerprint density at radius 3 is 2.67 bits per heavy atom. The number of allylic oxidation sites excluding steroid dienone is 1. The summed E-state index contributed by atoms with van der Waals surface area (Å²) in [5.41, 5.74) is 2.22. The summed E-state index contributed by atoms with van der Waals surface area (Å²) in [7, 11) is 0. The van der Waals surface area contributed by atoms with Crippen molar-refractivity contribution in [2.75, 3.05) is 31.1 Å². The molecule has 1 aromatic rings. The van der Waals surface area contributed by atoms with Crippen LogP contribution in [0.25, 0.3) is 0 Å².